The predicted octanol–water partition coefficient (Wildman–Crippen LogP) is 3.42. The first-order valence-corrected chi connectivity index (χ1v) is 11.2. The number of carbonyl (C=O) groups is 3. The van der Waals surface area contributed by atoms with E-state index in [1.807, 2.05) is 24.3 Å². The summed E-state index contributed by atoms with van der Waals surface area (Å²) in [6.45, 7) is -0.0177. The van der Waals surface area contributed by atoms with Crippen LogP contribution in [0.3, 0.4) is 0 Å². The number of carboxylic acid groups (broad SMARTS) is 1. The molecule has 0 radical (unpaired) electrons. The minimum absolute atomic E-state index is 0.0102. The molecule has 8 heteroatoms. The van der Waals surface area contributed by atoms with E-state index in [1.165, 1.54) is 18.2 Å². The third-order valence-corrected chi connectivity index (χ3v) is 6.52. The number of carbonyl (C=O) groups excluding carboxylic acids is 2. The minimum atomic E-state index is -1.14. The number of nitrogens with one attached hydrogen (secondary N) is 1. The predicted molar refractivity (Wildman–Crippen MR) is 120 cm³/mol. The fraction of sp³-hybridized carbons (Fsp3) is 0.400. The summed E-state index contributed by atoms with van der Waals surface area (Å²) < 4.78 is 5.57. The van der Waals surface area contributed by atoms with Crippen molar-refractivity contribution in [3.63, 3.8) is 0 Å². The quantitative estimate of drug-likeness (QED) is 0.595. The number of fused-ring (bicyclic) bond motifs is 3. The van der Waals surface area contributed by atoms with Gasteiger partial charge in [0.05, 0.1) is 0 Å². The molecule has 0 aromatic heterocycles. The van der Waals surface area contributed by atoms with Crippen molar-refractivity contribution in [2.75, 3.05) is 26.8 Å². The fourth-order valence-electron chi connectivity index (χ4n) is 4.92. The van der Waals surface area contributed by atoms with Crippen LogP contribution in [-0.4, -0.2) is 54.9 Å². The first kappa shape index (κ1) is 22.8. The summed E-state index contributed by atoms with van der Waals surface area (Å²) in [5.74, 6) is -1.79. The summed E-state index contributed by atoms with van der Waals surface area (Å²) in [5, 5.41) is 12.5. The average Bonchev–Trinajstić information content (AvgIpc) is 3.42. The Kier molecular flexibility index (Phi) is 6.93. The molecule has 0 saturated heterocycles. The number of ether oxygens (including phenoxy) is 1. The van der Waals surface area contributed by atoms with Crippen LogP contribution < -0.4 is 5.32 Å². The number of alkyl carbamates (subject to hydrolysis) is 1. The average molecular weight is 453 g/mol. The lowest BCUT2D eigenvalue weighted by molar-refractivity contribution is -0.190. The Balaban J connectivity index is 1.30. The van der Waals surface area contributed by atoms with Crippen molar-refractivity contribution in [1.82, 2.24) is 10.4 Å². The SMILES string of the molecule is CN(OCC(=O)O)C(=O)C1CCCC1CNC(=O)OCC1c2ccccc2-c2ccccc21. The van der Waals surface area contributed by atoms with Crippen LogP contribution in [0.5, 0.6) is 0 Å². The number of amides is 2. The largest absolute Gasteiger partial charge is 0.479 e. The van der Waals surface area contributed by atoms with E-state index in [0.29, 0.717) is 13.0 Å². The van der Waals surface area contributed by atoms with E-state index in [4.69, 9.17) is 14.7 Å². The molecule has 0 heterocycles. The van der Waals surface area contributed by atoms with Gasteiger partial charge in [0.2, 0.25) is 5.91 Å². The Morgan fingerprint density at radius 1 is 1.03 bits per heavy atom. The van der Waals surface area contributed by atoms with E-state index in [0.717, 1.165) is 29.0 Å². The molecule has 4 rings (SSSR count). The molecule has 2 aromatic rings. The van der Waals surface area contributed by atoms with Gasteiger partial charge < -0.3 is 15.2 Å². The molecule has 2 unspecified atom stereocenters. The number of benzene rings is 2. The van der Waals surface area contributed by atoms with Crippen molar-refractivity contribution in [2.24, 2.45) is 11.8 Å². The van der Waals surface area contributed by atoms with E-state index in [-0.39, 0.29) is 30.3 Å². The highest BCUT2D eigenvalue weighted by Gasteiger charge is 2.36. The van der Waals surface area contributed by atoms with Crippen LogP contribution in [0.15, 0.2) is 48.5 Å². The molecule has 2 aromatic carbocycles. The second-order valence-electron chi connectivity index (χ2n) is 8.51. The summed E-state index contributed by atoms with van der Waals surface area (Å²) in [7, 11) is 1.42. The number of carboxylic acids is 1. The van der Waals surface area contributed by atoms with Crippen LogP contribution in [0, 0.1) is 11.8 Å². The lowest BCUT2D eigenvalue weighted by Crippen LogP contribution is -2.39. The normalized spacial score (nSPS) is 18.9. The molecule has 33 heavy (non-hydrogen) atoms. The van der Waals surface area contributed by atoms with Crippen molar-refractivity contribution in [3.8, 4) is 11.1 Å². The molecule has 2 aliphatic rings. The maximum absolute atomic E-state index is 12.6. The maximum Gasteiger partial charge on any atom is 0.407 e. The van der Waals surface area contributed by atoms with Crippen molar-refractivity contribution in [3.05, 3.63) is 59.7 Å². The number of hydrogen-bond acceptors (Lipinski definition) is 5. The van der Waals surface area contributed by atoms with Gasteiger partial charge in [-0.2, -0.15) is 0 Å². The molecule has 0 aliphatic heterocycles. The van der Waals surface area contributed by atoms with Crippen LogP contribution >= 0.6 is 0 Å². The Morgan fingerprint density at radius 2 is 1.67 bits per heavy atom. The highest BCUT2D eigenvalue weighted by Crippen LogP contribution is 2.44. The Morgan fingerprint density at radius 3 is 2.30 bits per heavy atom. The van der Waals surface area contributed by atoms with Crippen LogP contribution in [0.2, 0.25) is 0 Å². The molecule has 1 saturated carbocycles. The molecule has 8 nitrogen and oxygen atoms in total. The van der Waals surface area contributed by atoms with Gasteiger partial charge in [-0.15, -0.1) is 0 Å². The molecule has 2 amide bonds. The Hall–Kier alpha value is -3.39. The smallest absolute Gasteiger partial charge is 0.407 e. The van der Waals surface area contributed by atoms with Crippen molar-refractivity contribution in [2.45, 2.75) is 25.2 Å². The fourth-order valence-corrected chi connectivity index (χ4v) is 4.92. The van der Waals surface area contributed by atoms with Crippen molar-refractivity contribution < 1.29 is 29.1 Å². The summed E-state index contributed by atoms with van der Waals surface area (Å²) in [4.78, 5) is 40.7. The van der Waals surface area contributed by atoms with E-state index in [2.05, 4.69) is 29.6 Å². The summed E-state index contributed by atoms with van der Waals surface area (Å²) in [5.41, 5.74) is 4.64. The van der Waals surface area contributed by atoms with E-state index in [1.54, 1.807) is 0 Å². The monoisotopic (exact) mass is 452 g/mol. The molecular weight excluding hydrogens is 424 g/mol. The highest BCUT2D eigenvalue weighted by molar-refractivity contribution is 5.80. The van der Waals surface area contributed by atoms with Crippen LogP contribution in [-0.2, 0) is 19.2 Å². The van der Waals surface area contributed by atoms with E-state index >= 15 is 0 Å². The van der Waals surface area contributed by atoms with Gasteiger partial charge in [0.1, 0.15) is 6.61 Å². The van der Waals surface area contributed by atoms with Crippen molar-refractivity contribution in [1.29, 1.82) is 0 Å². The van der Waals surface area contributed by atoms with Gasteiger partial charge in [-0.05, 0) is 41.0 Å². The molecule has 174 valence electrons. The third kappa shape index (κ3) is 5.01. The standard InChI is InChI=1S/C25H28N2O6/c1-27(33-15-23(28)29)24(30)17-12-6-7-16(17)13-26-25(31)32-14-22-20-10-4-2-8-18(20)19-9-3-5-11-21(19)22/h2-5,8-11,16-17,22H,6-7,12-15H2,1H3,(H,26,31)(H,28,29). The second-order valence-corrected chi connectivity index (χ2v) is 8.51. The van der Waals surface area contributed by atoms with Gasteiger partial charge in [0.15, 0.2) is 6.61 Å². The minimum Gasteiger partial charge on any atom is -0.479 e. The topological polar surface area (TPSA) is 105 Å². The maximum atomic E-state index is 12.6. The molecule has 2 N–H and O–H groups in total. The van der Waals surface area contributed by atoms with Crippen LogP contribution in [0.25, 0.3) is 11.1 Å². The van der Waals surface area contributed by atoms with Gasteiger partial charge in [-0.25, -0.2) is 14.7 Å². The van der Waals surface area contributed by atoms with Gasteiger partial charge in [0.25, 0.3) is 0 Å². The Labute approximate surface area is 192 Å². The Bertz CT molecular complexity index is 994. The summed E-state index contributed by atoms with van der Waals surface area (Å²) in [6.07, 6.45) is 1.83. The zero-order valence-electron chi connectivity index (χ0n) is 18.5. The van der Waals surface area contributed by atoms with Crippen LogP contribution in [0.4, 0.5) is 4.79 Å². The first-order chi connectivity index (χ1) is 16.0. The van der Waals surface area contributed by atoms with Gasteiger partial charge >= 0.3 is 12.1 Å². The summed E-state index contributed by atoms with van der Waals surface area (Å²) >= 11 is 0. The molecular formula is C25H28N2O6. The highest BCUT2D eigenvalue weighted by atomic mass is 16.7. The lowest BCUT2D eigenvalue weighted by atomic mass is 9.95. The van der Waals surface area contributed by atoms with E-state index < -0.39 is 18.7 Å². The number of hydroxylamine groups is 2. The lowest BCUT2D eigenvalue weighted by Gasteiger charge is -2.24. The number of nitrogens with zero attached hydrogens (tertiary/aromatic N) is 1. The van der Waals surface area contributed by atoms with Crippen molar-refractivity contribution >= 4 is 18.0 Å². The van der Waals surface area contributed by atoms with Gasteiger partial charge in [0, 0.05) is 25.4 Å². The second kappa shape index (κ2) is 10.0. The van der Waals surface area contributed by atoms with E-state index in [9.17, 15) is 14.4 Å². The van der Waals surface area contributed by atoms with Gasteiger partial charge in [-0.3, -0.25) is 9.63 Å². The molecule has 0 spiro atoms. The van der Waals surface area contributed by atoms with Gasteiger partial charge in [-0.1, -0.05) is 55.0 Å². The third-order valence-electron chi connectivity index (χ3n) is 6.52. The number of rotatable bonds is 8. The number of hydrogen-bond donors (Lipinski definition) is 2. The van der Waals surface area contributed by atoms with Crippen LogP contribution in [0.1, 0.15) is 36.3 Å². The zero-order valence-corrected chi connectivity index (χ0v) is 18.5. The summed E-state index contributed by atoms with van der Waals surface area (Å²) in [6, 6.07) is 16.3. The number of aliphatic carboxylic acids is 1. The first-order valence-electron chi connectivity index (χ1n) is 11.2. The molecule has 1 fully saturated rings. The molecule has 2 aliphatic carbocycles. The molecule has 2 atom stereocenters. The zero-order chi connectivity index (χ0) is 23.4. The molecule has 0 bridgehead atoms.